The Morgan fingerprint density at radius 3 is 1.96 bits per heavy atom. The van der Waals surface area contributed by atoms with Crippen LogP contribution in [0, 0.1) is 0 Å². The van der Waals surface area contributed by atoms with Crippen LogP contribution in [0.25, 0.3) is 0 Å². The number of aliphatic carboxylic acids is 1. The van der Waals surface area contributed by atoms with E-state index in [2.05, 4.69) is 12.2 Å². The minimum atomic E-state index is -0.981. The van der Waals surface area contributed by atoms with Gasteiger partial charge in [-0.2, -0.15) is 0 Å². The number of hydrogen-bond donors (Lipinski definition) is 2. The summed E-state index contributed by atoms with van der Waals surface area (Å²) in [6, 6.07) is 8.55. The van der Waals surface area contributed by atoms with Crippen molar-refractivity contribution in [1.29, 1.82) is 0 Å². The van der Waals surface area contributed by atoms with Crippen molar-refractivity contribution in [3.05, 3.63) is 35.9 Å². The second kappa shape index (κ2) is 14.3. The van der Waals surface area contributed by atoms with E-state index in [1.807, 2.05) is 30.3 Å². The zero-order valence-electron chi connectivity index (χ0n) is 16.2. The largest absolute Gasteiger partial charge is 0.480 e. The van der Waals surface area contributed by atoms with Crippen molar-refractivity contribution in [2.24, 2.45) is 0 Å². The Morgan fingerprint density at radius 2 is 1.42 bits per heavy atom. The van der Waals surface area contributed by atoms with Gasteiger partial charge in [-0.25, -0.2) is 4.79 Å². The quantitative estimate of drug-likeness (QED) is 0.427. The number of carbonyl (C=O) groups excluding carboxylic acids is 1. The minimum Gasteiger partial charge on any atom is -0.480 e. The lowest BCUT2D eigenvalue weighted by atomic mass is 10.0. The lowest BCUT2D eigenvalue weighted by Crippen LogP contribution is -2.42. The highest BCUT2D eigenvalue weighted by atomic mass is 16.4. The number of hydrogen-bond acceptors (Lipinski definition) is 2. The summed E-state index contributed by atoms with van der Waals surface area (Å²) < 4.78 is 0. The molecule has 4 heteroatoms. The molecular formula is C22H35NO3. The molecule has 0 aliphatic carbocycles. The molecule has 2 N–H and O–H groups in total. The predicted octanol–water partition coefficient (Wildman–Crippen LogP) is 5.11. The summed E-state index contributed by atoms with van der Waals surface area (Å²) in [5, 5.41) is 12.0. The highest BCUT2D eigenvalue weighted by Crippen LogP contribution is 2.11. The number of nitrogens with one attached hydrogen (secondary N) is 1. The van der Waals surface area contributed by atoms with Gasteiger partial charge >= 0.3 is 5.97 Å². The number of benzene rings is 1. The molecular weight excluding hydrogens is 326 g/mol. The monoisotopic (exact) mass is 361 g/mol. The van der Waals surface area contributed by atoms with Gasteiger partial charge in [0.1, 0.15) is 6.04 Å². The molecule has 26 heavy (non-hydrogen) atoms. The average molecular weight is 362 g/mol. The number of carboxylic acids is 1. The minimum absolute atomic E-state index is 0.159. The molecule has 1 rings (SSSR count). The number of rotatable bonds is 15. The van der Waals surface area contributed by atoms with Gasteiger partial charge < -0.3 is 10.4 Å². The van der Waals surface area contributed by atoms with Crippen LogP contribution in [0.1, 0.15) is 83.1 Å². The fraction of sp³-hybridized carbons (Fsp3) is 0.636. The number of carbonyl (C=O) groups is 2. The van der Waals surface area contributed by atoms with Crippen molar-refractivity contribution >= 4 is 11.9 Å². The first kappa shape index (κ1) is 22.2. The van der Waals surface area contributed by atoms with Gasteiger partial charge in [0, 0.05) is 12.8 Å². The summed E-state index contributed by atoms with van der Waals surface area (Å²) in [7, 11) is 0. The van der Waals surface area contributed by atoms with E-state index in [9.17, 15) is 14.7 Å². The molecule has 1 atom stereocenters. The van der Waals surface area contributed by atoms with E-state index in [0.717, 1.165) is 24.8 Å². The van der Waals surface area contributed by atoms with Gasteiger partial charge in [0.2, 0.25) is 5.91 Å². The van der Waals surface area contributed by atoms with Gasteiger partial charge in [-0.3, -0.25) is 4.79 Å². The van der Waals surface area contributed by atoms with Crippen LogP contribution in [0.4, 0.5) is 0 Å². The summed E-state index contributed by atoms with van der Waals surface area (Å²) in [6.07, 6.45) is 12.9. The first-order valence-electron chi connectivity index (χ1n) is 10.2. The zero-order valence-corrected chi connectivity index (χ0v) is 16.2. The van der Waals surface area contributed by atoms with E-state index in [0.29, 0.717) is 12.8 Å². The molecule has 0 heterocycles. The van der Waals surface area contributed by atoms with Gasteiger partial charge in [-0.05, 0) is 12.0 Å². The van der Waals surface area contributed by atoms with Crippen LogP contribution in [0.3, 0.4) is 0 Å². The zero-order chi connectivity index (χ0) is 19.0. The van der Waals surface area contributed by atoms with Crippen LogP contribution < -0.4 is 5.32 Å². The molecule has 0 saturated carbocycles. The molecule has 0 spiro atoms. The molecule has 4 nitrogen and oxygen atoms in total. The van der Waals surface area contributed by atoms with Gasteiger partial charge in [-0.1, -0.05) is 95.0 Å². The molecule has 0 unspecified atom stereocenters. The fourth-order valence-electron chi connectivity index (χ4n) is 3.09. The third kappa shape index (κ3) is 10.9. The summed E-state index contributed by atoms with van der Waals surface area (Å²) in [5.74, 6) is -1.14. The fourth-order valence-corrected chi connectivity index (χ4v) is 3.09. The highest BCUT2D eigenvalue weighted by molar-refractivity contribution is 5.83. The molecule has 1 amide bonds. The Hall–Kier alpha value is -1.84. The molecule has 1 aromatic carbocycles. The van der Waals surface area contributed by atoms with Gasteiger partial charge in [0.15, 0.2) is 0 Å². The van der Waals surface area contributed by atoms with Crippen molar-refractivity contribution in [2.75, 3.05) is 0 Å². The summed E-state index contributed by atoms with van der Waals surface area (Å²) in [6.45, 7) is 2.23. The molecule has 0 saturated heterocycles. The summed E-state index contributed by atoms with van der Waals surface area (Å²) in [4.78, 5) is 23.4. The van der Waals surface area contributed by atoms with Gasteiger partial charge in [-0.15, -0.1) is 0 Å². The number of unbranched alkanes of at least 4 members (excludes halogenated alkanes) is 9. The standard InChI is InChI=1S/C22H35NO3/c1-2-3-4-5-6-7-8-9-10-14-17-21(24)23-20(22(25)26)18-19-15-12-11-13-16-19/h11-13,15-16,20H,2-10,14,17-18H2,1H3,(H,23,24)(H,25,26)/t20-/m1/s1. The third-order valence-electron chi connectivity index (χ3n) is 4.67. The molecule has 0 bridgehead atoms. The third-order valence-corrected chi connectivity index (χ3v) is 4.67. The first-order chi connectivity index (χ1) is 12.6. The first-order valence-corrected chi connectivity index (χ1v) is 10.2. The van der Waals surface area contributed by atoms with E-state index in [-0.39, 0.29) is 5.91 Å². The van der Waals surface area contributed by atoms with Gasteiger partial charge in [0.05, 0.1) is 0 Å². The molecule has 0 aromatic heterocycles. The van der Waals surface area contributed by atoms with E-state index >= 15 is 0 Å². The van der Waals surface area contributed by atoms with Crippen molar-refractivity contribution in [3.8, 4) is 0 Å². The number of carboxylic acid groups (broad SMARTS) is 1. The highest BCUT2D eigenvalue weighted by Gasteiger charge is 2.19. The summed E-state index contributed by atoms with van der Waals surface area (Å²) >= 11 is 0. The molecule has 0 aliphatic heterocycles. The van der Waals surface area contributed by atoms with E-state index in [4.69, 9.17) is 0 Å². The van der Waals surface area contributed by atoms with Crippen molar-refractivity contribution in [3.63, 3.8) is 0 Å². The van der Waals surface area contributed by atoms with Crippen LogP contribution in [-0.4, -0.2) is 23.0 Å². The number of amides is 1. The Bertz CT molecular complexity index is 501. The lowest BCUT2D eigenvalue weighted by molar-refractivity contribution is -0.141. The van der Waals surface area contributed by atoms with Crippen LogP contribution >= 0.6 is 0 Å². The Kier molecular flexibility index (Phi) is 12.2. The van der Waals surface area contributed by atoms with E-state index in [1.54, 1.807) is 0 Å². The van der Waals surface area contributed by atoms with E-state index < -0.39 is 12.0 Å². The van der Waals surface area contributed by atoms with Gasteiger partial charge in [0.25, 0.3) is 0 Å². The Morgan fingerprint density at radius 1 is 0.885 bits per heavy atom. The van der Waals surface area contributed by atoms with Crippen LogP contribution in [0.15, 0.2) is 30.3 Å². The van der Waals surface area contributed by atoms with Crippen molar-refractivity contribution in [1.82, 2.24) is 5.32 Å². The molecule has 0 radical (unpaired) electrons. The topological polar surface area (TPSA) is 66.4 Å². The molecule has 0 fully saturated rings. The molecule has 1 aromatic rings. The summed E-state index contributed by atoms with van der Waals surface area (Å²) in [5.41, 5.74) is 0.916. The maximum Gasteiger partial charge on any atom is 0.326 e. The van der Waals surface area contributed by atoms with Crippen molar-refractivity contribution < 1.29 is 14.7 Å². The van der Waals surface area contributed by atoms with Crippen molar-refractivity contribution in [2.45, 2.75) is 90.0 Å². The Labute approximate surface area is 158 Å². The predicted molar refractivity (Wildman–Crippen MR) is 106 cm³/mol. The average Bonchev–Trinajstić information content (AvgIpc) is 2.63. The molecule has 0 aliphatic rings. The maximum atomic E-state index is 12.0. The normalized spacial score (nSPS) is 11.9. The maximum absolute atomic E-state index is 12.0. The second-order valence-corrected chi connectivity index (χ2v) is 7.08. The smallest absolute Gasteiger partial charge is 0.326 e. The van der Waals surface area contributed by atoms with Crippen LogP contribution in [-0.2, 0) is 16.0 Å². The lowest BCUT2D eigenvalue weighted by Gasteiger charge is -2.14. The van der Waals surface area contributed by atoms with Crippen LogP contribution in [0.2, 0.25) is 0 Å². The second-order valence-electron chi connectivity index (χ2n) is 7.08. The molecule has 146 valence electrons. The Balaban J connectivity index is 2.11. The van der Waals surface area contributed by atoms with E-state index in [1.165, 1.54) is 44.9 Å². The van der Waals surface area contributed by atoms with Crippen LogP contribution in [0.5, 0.6) is 0 Å². The SMILES string of the molecule is CCCCCCCCCCCCC(=O)N[C@H](Cc1ccccc1)C(=O)O.